The minimum Gasteiger partial charge on any atom is -0.299 e. The molecule has 0 atom stereocenters. The summed E-state index contributed by atoms with van der Waals surface area (Å²) in [4.78, 5) is 20.7. The Labute approximate surface area is 331 Å². The van der Waals surface area contributed by atoms with E-state index in [9.17, 15) is 0 Å². The van der Waals surface area contributed by atoms with E-state index in [0.29, 0.717) is 11.7 Å². The topological polar surface area (TPSA) is 60.4 Å². The van der Waals surface area contributed by atoms with E-state index >= 15 is 0 Å². The van der Waals surface area contributed by atoms with E-state index in [4.69, 9.17) is 19.9 Å². The van der Waals surface area contributed by atoms with Crippen molar-refractivity contribution in [1.29, 1.82) is 0 Å². The zero-order valence-corrected chi connectivity index (χ0v) is 31.7. The van der Waals surface area contributed by atoms with Gasteiger partial charge in [-0.05, 0) is 53.9 Å². The fourth-order valence-corrected chi connectivity index (χ4v) is 7.68. The Hall–Kier alpha value is -7.44. The van der Waals surface area contributed by atoms with Gasteiger partial charge >= 0.3 is 0 Å². The van der Waals surface area contributed by atoms with Crippen molar-refractivity contribution in [3.8, 4) is 78.9 Å². The van der Waals surface area contributed by atoms with Crippen LogP contribution >= 0.6 is 0 Å². The van der Waals surface area contributed by atoms with Crippen LogP contribution in [0.15, 0.2) is 188 Å². The number of fused-ring (bicyclic) bond motifs is 2. The van der Waals surface area contributed by atoms with Crippen LogP contribution in [0.25, 0.3) is 90.2 Å². The summed E-state index contributed by atoms with van der Waals surface area (Å²) in [5.41, 5.74) is 15.9. The Balaban J connectivity index is 1.14. The van der Waals surface area contributed by atoms with Gasteiger partial charge in [-0.3, -0.25) is 8.80 Å². The molecule has 10 rings (SSSR count). The predicted octanol–water partition coefficient (Wildman–Crippen LogP) is 12.6. The van der Waals surface area contributed by atoms with Crippen molar-refractivity contribution in [3.63, 3.8) is 0 Å². The van der Waals surface area contributed by atoms with Crippen LogP contribution < -0.4 is 0 Å². The van der Waals surface area contributed by atoms with Crippen molar-refractivity contribution in [2.75, 3.05) is 0 Å². The maximum absolute atomic E-state index is 5.26. The van der Waals surface area contributed by atoms with Crippen molar-refractivity contribution in [3.05, 3.63) is 194 Å². The Morgan fingerprint density at radius 2 is 0.807 bits per heavy atom. The van der Waals surface area contributed by atoms with Crippen molar-refractivity contribution in [2.24, 2.45) is 0 Å². The number of benzene rings is 5. The third kappa shape index (κ3) is 6.37. The molecule has 0 N–H and O–H groups in total. The summed E-state index contributed by atoms with van der Waals surface area (Å²) in [5, 5.41) is 0. The fraction of sp³-hybridized carbons (Fsp3) is 0.0588. The first-order chi connectivity index (χ1) is 28.1. The maximum Gasteiger partial charge on any atom is 0.160 e. The van der Waals surface area contributed by atoms with Gasteiger partial charge in [-0.15, -0.1) is 0 Å². The normalized spacial score (nSPS) is 11.5. The van der Waals surface area contributed by atoms with Gasteiger partial charge in [-0.2, -0.15) is 0 Å². The van der Waals surface area contributed by atoms with E-state index in [2.05, 4.69) is 175 Å². The van der Waals surface area contributed by atoms with Crippen molar-refractivity contribution in [2.45, 2.75) is 19.8 Å². The second kappa shape index (κ2) is 14.3. The minimum absolute atomic E-state index is 0.424. The second-order valence-electron chi connectivity index (χ2n) is 14.6. The molecule has 5 aromatic heterocycles. The summed E-state index contributed by atoms with van der Waals surface area (Å²) in [6.07, 6.45) is 4.16. The number of nitrogens with zero attached hydrogens (tertiary/aromatic N) is 6. The van der Waals surface area contributed by atoms with Gasteiger partial charge in [0, 0.05) is 51.3 Å². The lowest BCUT2D eigenvalue weighted by Crippen LogP contribution is -1.97. The molecule has 0 aliphatic heterocycles. The molecule has 0 unspecified atom stereocenters. The molecule has 0 bridgehead atoms. The largest absolute Gasteiger partial charge is 0.299 e. The van der Waals surface area contributed by atoms with E-state index in [-0.39, 0.29) is 0 Å². The Morgan fingerprint density at radius 1 is 0.368 bits per heavy atom. The van der Waals surface area contributed by atoms with E-state index < -0.39 is 0 Å². The summed E-state index contributed by atoms with van der Waals surface area (Å²) in [6.45, 7) is 4.42. The summed E-state index contributed by atoms with van der Waals surface area (Å²) < 4.78 is 4.34. The van der Waals surface area contributed by atoms with E-state index in [1.165, 1.54) is 5.56 Å². The van der Waals surface area contributed by atoms with Gasteiger partial charge in [-0.25, -0.2) is 19.9 Å². The zero-order valence-electron chi connectivity index (χ0n) is 31.7. The Bertz CT molecular complexity index is 2850. The van der Waals surface area contributed by atoms with Crippen molar-refractivity contribution >= 4 is 11.3 Å². The van der Waals surface area contributed by atoms with Gasteiger partial charge in [0.15, 0.2) is 5.82 Å². The summed E-state index contributed by atoms with van der Waals surface area (Å²) in [5.74, 6) is 1.10. The van der Waals surface area contributed by atoms with E-state index in [1.54, 1.807) is 0 Å². The van der Waals surface area contributed by atoms with Crippen LogP contribution in [0.2, 0.25) is 0 Å². The minimum atomic E-state index is 0.424. The van der Waals surface area contributed by atoms with Crippen LogP contribution in [0.5, 0.6) is 0 Å². The average molecular weight is 735 g/mol. The van der Waals surface area contributed by atoms with Gasteiger partial charge < -0.3 is 0 Å². The molecule has 0 aliphatic carbocycles. The predicted molar refractivity (Wildman–Crippen MR) is 232 cm³/mol. The standard InChI is InChI=1S/C51H38N6/c1-34(2)35-25-27-38(28-26-35)51-52-43(39-19-13-21-41(31-39)49-47(36-15-5-3-6-16-36)54-45-23-9-11-29-56(45)49)33-44(53-51)40-20-14-22-42(32-40)50-48(37-17-7-4-8-18-37)55-46-24-10-12-30-57(46)50/h3-34H,1-2H3. The molecular formula is C51H38N6. The van der Waals surface area contributed by atoms with Crippen molar-refractivity contribution < 1.29 is 0 Å². The van der Waals surface area contributed by atoms with Gasteiger partial charge in [0.25, 0.3) is 0 Å². The highest BCUT2D eigenvalue weighted by Gasteiger charge is 2.20. The Kier molecular flexibility index (Phi) is 8.57. The molecule has 0 aliphatic rings. The first-order valence-electron chi connectivity index (χ1n) is 19.3. The number of hydrogen-bond acceptors (Lipinski definition) is 4. The zero-order chi connectivity index (χ0) is 38.3. The highest BCUT2D eigenvalue weighted by Crippen LogP contribution is 2.38. The third-order valence-corrected chi connectivity index (χ3v) is 10.6. The molecule has 6 heteroatoms. The lowest BCUT2D eigenvalue weighted by molar-refractivity contribution is 0.867. The van der Waals surface area contributed by atoms with E-state index in [1.807, 2.05) is 36.4 Å². The van der Waals surface area contributed by atoms with Gasteiger partial charge in [0.1, 0.15) is 11.3 Å². The molecule has 0 radical (unpaired) electrons. The van der Waals surface area contributed by atoms with Gasteiger partial charge in [0.05, 0.1) is 34.2 Å². The molecule has 0 fully saturated rings. The van der Waals surface area contributed by atoms with Crippen LogP contribution in [0.4, 0.5) is 0 Å². The molecule has 10 aromatic rings. The summed E-state index contributed by atoms with van der Waals surface area (Å²) in [7, 11) is 0. The highest BCUT2D eigenvalue weighted by molar-refractivity contribution is 5.86. The molecule has 272 valence electrons. The maximum atomic E-state index is 5.26. The van der Waals surface area contributed by atoms with Gasteiger partial charge in [-0.1, -0.05) is 147 Å². The highest BCUT2D eigenvalue weighted by atomic mass is 15.0. The Morgan fingerprint density at radius 3 is 1.28 bits per heavy atom. The molecule has 5 heterocycles. The lowest BCUT2D eigenvalue weighted by atomic mass is 9.99. The molecule has 5 aromatic carbocycles. The number of hydrogen-bond donors (Lipinski definition) is 0. The smallest absolute Gasteiger partial charge is 0.160 e. The molecule has 57 heavy (non-hydrogen) atoms. The molecule has 0 saturated heterocycles. The number of rotatable bonds is 8. The van der Waals surface area contributed by atoms with Crippen LogP contribution in [0.3, 0.4) is 0 Å². The quantitative estimate of drug-likeness (QED) is 0.156. The molecule has 0 spiro atoms. The first-order valence-corrected chi connectivity index (χ1v) is 19.3. The number of aromatic nitrogens is 6. The molecule has 0 amide bonds. The lowest BCUT2D eigenvalue weighted by Gasteiger charge is -2.13. The van der Waals surface area contributed by atoms with Gasteiger partial charge in [0.2, 0.25) is 0 Å². The third-order valence-electron chi connectivity index (χ3n) is 10.6. The average Bonchev–Trinajstić information content (AvgIpc) is 3.87. The van der Waals surface area contributed by atoms with Crippen LogP contribution in [0, 0.1) is 0 Å². The number of pyridine rings is 2. The summed E-state index contributed by atoms with van der Waals surface area (Å²) >= 11 is 0. The van der Waals surface area contributed by atoms with Crippen molar-refractivity contribution in [1.82, 2.24) is 28.7 Å². The summed E-state index contributed by atoms with van der Waals surface area (Å²) in [6, 6.07) is 61.0. The van der Waals surface area contributed by atoms with Crippen LogP contribution in [0.1, 0.15) is 25.3 Å². The molecular weight excluding hydrogens is 697 g/mol. The fourth-order valence-electron chi connectivity index (χ4n) is 7.68. The SMILES string of the molecule is CC(C)c1ccc(-c2nc(-c3cccc(-c4c(-c5ccccc5)nc5ccccn45)c3)cc(-c3cccc(-c4c(-c5ccccc5)nc5ccccn45)c3)n2)cc1. The molecule has 0 saturated carbocycles. The molecule has 6 nitrogen and oxygen atoms in total. The monoisotopic (exact) mass is 734 g/mol. The second-order valence-corrected chi connectivity index (χ2v) is 14.6. The van der Waals surface area contributed by atoms with Crippen LogP contribution in [-0.4, -0.2) is 28.7 Å². The number of imidazole rings is 2. The van der Waals surface area contributed by atoms with E-state index in [0.717, 1.165) is 84.4 Å². The first kappa shape index (κ1) is 34.1. The van der Waals surface area contributed by atoms with Crippen LogP contribution in [-0.2, 0) is 0 Å².